The number of aromatic nitrogens is 1. The second-order valence-corrected chi connectivity index (χ2v) is 6.51. The number of aryl methyl sites for hydroxylation is 2. The number of ether oxygens (including phenoxy) is 1. The Morgan fingerprint density at radius 3 is 2.50 bits per heavy atom. The quantitative estimate of drug-likeness (QED) is 0.732. The van der Waals surface area contributed by atoms with Gasteiger partial charge in [-0.2, -0.15) is 0 Å². The van der Waals surface area contributed by atoms with Gasteiger partial charge in [0, 0.05) is 0 Å². The first kappa shape index (κ1) is 16.2. The molecule has 122 valence electrons. The number of rotatable bonds is 5. The van der Waals surface area contributed by atoms with Gasteiger partial charge in [0.1, 0.15) is 22.2 Å². The van der Waals surface area contributed by atoms with Crippen molar-refractivity contribution in [3.05, 3.63) is 70.2 Å². The van der Waals surface area contributed by atoms with Crippen molar-refractivity contribution in [2.45, 2.75) is 20.5 Å². The maximum Gasteiger partial charge on any atom is 0.347 e. The predicted octanol–water partition coefficient (Wildman–Crippen LogP) is 4.70. The largest absolute Gasteiger partial charge is 0.488 e. The normalized spacial score (nSPS) is 10.6. The fraction of sp³-hybridized carbons (Fsp3) is 0.158. The Hall–Kier alpha value is -2.66. The van der Waals surface area contributed by atoms with Gasteiger partial charge in [-0.25, -0.2) is 9.78 Å². The topological polar surface area (TPSA) is 59.4 Å². The summed E-state index contributed by atoms with van der Waals surface area (Å²) in [4.78, 5) is 15.9. The van der Waals surface area contributed by atoms with E-state index in [2.05, 4.69) is 4.98 Å². The Balaban J connectivity index is 1.86. The molecule has 0 fully saturated rings. The van der Waals surface area contributed by atoms with Crippen molar-refractivity contribution in [2.24, 2.45) is 0 Å². The second kappa shape index (κ2) is 6.84. The zero-order valence-corrected chi connectivity index (χ0v) is 14.3. The number of para-hydroxylation sites is 1. The van der Waals surface area contributed by atoms with Crippen LogP contribution in [-0.4, -0.2) is 16.1 Å². The number of carbonyl (C=O) groups is 1. The predicted molar refractivity (Wildman–Crippen MR) is 94.8 cm³/mol. The van der Waals surface area contributed by atoms with Gasteiger partial charge in [-0.1, -0.05) is 42.0 Å². The van der Waals surface area contributed by atoms with Gasteiger partial charge >= 0.3 is 5.97 Å². The van der Waals surface area contributed by atoms with Crippen LogP contribution in [0.3, 0.4) is 0 Å². The lowest BCUT2D eigenvalue weighted by Crippen LogP contribution is -1.97. The van der Waals surface area contributed by atoms with Crippen molar-refractivity contribution in [3.8, 4) is 16.3 Å². The fourth-order valence-electron chi connectivity index (χ4n) is 2.32. The number of carboxylic acids is 1. The summed E-state index contributed by atoms with van der Waals surface area (Å²) in [6.45, 7) is 4.21. The molecule has 4 nitrogen and oxygen atoms in total. The minimum Gasteiger partial charge on any atom is -0.488 e. The first-order valence-electron chi connectivity index (χ1n) is 7.53. The molecule has 0 saturated heterocycles. The standard InChI is InChI=1S/C19H17NO3S/c1-12-7-9-14(10-8-12)11-23-16-6-4-3-5-15(16)18-20-13(2)17(24-18)19(21)22/h3-10H,11H2,1-2H3,(H,21,22). The molecule has 3 aromatic rings. The van der Waals surface area contributed by atoms with Gasteiger partial charge < -0.3 is 9.84 Å². The summed E-state index contributed by atoms with van der Waals surface area (Å²) in [6.07, 6.45) is 0. The summed E-state index contributed by atoms with van der Waals surface area (Å²) in [5.74, 6) is -0.252. The SMILES string of the molecule is Cc1ccc(COc2ccccc2-c2nc(C)c(C(=O)O)s2)cc1. The van der Waals surface area contributed by atoms with Gasteiger partial charge in [0.15, 0.2) is 0 Å². The van der Waals surface area contributed by atoms with E-state index in [4.69, 9.17) is 4.74 Å². The van der Waals surface area contributed by atoms with Gasteiger partial charge in [0.25, 0.3) is 0 Å². The molecule has 0 radical (unpaired) electrons. The van der Waals surface area contributed by atoms with E-state index in [0.717, 1.165) is 11.1 Å². The molecule has 0 aliphatic carbocycles. The molecule has 5 heteroatoms. The van der Waals surface area contributed by atoms with E-state index in [1.54, 1.807) is 6.92 Å². The summed E-state index contributed by atoms with van der Waals surface area (Å²) >= 11 is 1.17. The van der Waals surface area contributed by atoms with Gasteiger partial charge in [0.2, 0.25) is 0 Å². The molecular formula is C19H17NO3S. The van der Waals surface area contributed by atoms with Crippen LogP contribution in [0.25, 0.3) is 10.6 Å². The summed E-state index contributed by atoms with van der Waals surface area (Å²) in [5, 5.41) is 9.87. The number of carboxylic acid groups (broad SMARTS) is 1. The van der Waals surface area contributed by atoms with Crippen LogP contribution in [0, 0.1) is 13.8 Å². The Morgan fingerprint density at radius 2 is 1.83 bits per heavy atom. The maximum absolute atomic E-state index is 11.2. The van der Waals surface area contributed by atoms with Crippen LogP contribution in [0.1, 0.15) is 26.5 Å². The monoisotopic (exact) mass is 339 g/mol. The van der Waals surface area contributed by atoms with E-state index in [1.165, 1.54) is 16.9 Å². The average molecular weight is 339 g/mol. The molecule has 0 amide bonds. The van der Waals surface area contributed by atoms with Gasteiger partial charge in [-0.3, -0.25) is 0 Å². The summed E-state index contributed by atoms with van der Waals surface area (Å²) < 4.78 is 5.95. The lowest BCUT2D eigenvalue weighted by molar-refractivity contribution is 0.0701. The van der Waals surface area contributed by atoms with Crippen molar-refractivity contribution < 1.29 is 14.6 Å². The van der Waals surface area contributed by atoms with Crippen molar-refractivity contribution in [1.29, 1.82) is 0 Å². The van der Waals surface area contributed by atoms with Gasteiger partial charge in [0.05, 0.1) is 11.3 Å². The highest BCUT2D eigenvalue weighted by molar-refractivity contribution is 7.17. The number of benzene rings is 2. The van der Waals surface area contributed by atoms with E-state index in [1.807, 2.05) is 55.5 Å². The Kier molecular flexibility index (Phi) is 4.62. The van der Waals surface area contributed by atoms with Crippen molar-refractivity contribution >= 4 is 17.3 Å². The summed E-state index contributed by atoms with van der Waals surface area (Å²) in [7, 11) is 0. The van der Waals surface area contributed by atoms with Gasteiger partial charge in [-0.05, 0) is 31.5 Å². The fourth-order valence-corrected chi connectivity index (χ4v) is 3.26. The van der Waals surface area contributed by atoms with E-state index in [-0.39, 0.29) is 4.88 Å². The molecule has 1 aromatic heterocycles. The molecule has 0 aliphatic rings. The van der Waals surface area contributed by atoms with E-state index < -0.39 is 5.97 Å². The molecule has 1 heterocycles. The Morgan fingerprint density at radius 1 is 1.12 bits per heavy atom. The van der Waals surface area contributed by atoms with E-state index in [9.17, 15) is 9.90 Å². The van der Waals surface area contributed by atoms with Crippen LogP contribution in [0.15, 0.2) is 48.5 Å². The first-order chi connectivity index (χ1) is 11.5. The van der Waals surface area contributed by atoms with Crippen LogP contribution in [0.5, 0.6) is 5.75 Å². The van der Waals surface area contributed by atoms with Crippen LogP contribution in [0.2, 0.25) is 0 Å². The highest BCUT2D eigenvalue weighted by Crippen LogP contribution is 2.34. The third kappa shape index (κ3) is 3.46. The molecule has 2 aromatic carbocycles. The number of hydrogen-bond acceptors (Lipinski definition) is 4. The Labute approximate surface area is 144 Å². The minimum atomic E-state index is -0.950. The lowest BCUT2D eigenvalue weighted by Gasteiger charge is -2.10. The van der Waals surface area contributed by atoms with Crippen molar-refractivity contribution in [2.75, 3.05) is 0 Å². The molecule has 0 unspecified atom stereocenters. The van der Waals surface area contributed by atoms with Crippen LogP contribution < -0.4 is 4.74 Å². The van der Waals surface area contributed by atoms with E-state index in [0.29, 0.717) is 23.1 Å². The molecular weight excluding hydrogens is 322 g/mol. The van der Waals surface area contributed by atoms with E-state index >= 15 is 0 Å². The second-order valence-electron chi connectivity index (χ2n) is 5.51. The smallest absolute Gasteiger partial charge is 0.347 e. The van der Waals surface area contributed by atoms with Crippen LogP contribution >= 0.6 is 11.3 Å². The number of thiazole rings is 1. The average Bonchev–Trinajstić information content (AvgIpc) is 2.96. The third-order valence-electron chi connectivity index (χ3n) is 3.62. The molecule has 24 heavy (non-hydrogen) atoms. The number of nitrogens with zero attached hydrogens (tertiary/aromatic N) is 1. The molecule has 1 N–H and O–H groups in total. The van der Waals surface area contributed by atoms with Crippen molar-refractivity contribution in [1.82, 2.24) is 4.98 Å². The molecule has 0 saturated carbocycles. The molecule has 0 bridgehead atoms. The van der Waals surface area contributed by atoms with Gasteiger partial charge in [-0.15, -0.1) is 11.3 Å². The molecule has 0 aliphatic heterocycles. The molecule has 3 rings (SSSR count). The maximum atomic E-state index is 11.2. The zero-order valence-electron chi connectivity index (χ0n) is 13.4. The Bertz CT molecular complexity index is 869. The first-order valence-corrected chi connectivity index (χ1v) is 8.34. The highest BCUT2D eigenvalue weighted by atomic mass is 32.1. The summed E-state index contributed by atoms with van der Waals surface area (Å²) in [6, 6.07) is 15.7. The third-order valence-corrected chi connectivity index (χ3v) is 4.80. The minimum absolute atomic E-state index is 0.262. The number of aromatic carboxylic acids is 1. The highest BCUT2D eigenvalue weighted by Gasteiger charge is 2.17. The van der Waals surface area contributed by atoms with Crippen molar-refractivity contribution in [3.63, 3.8) is 0 Å². The zero-order chi connectivity index (χ0) is 17.1. The number of hydrogen-bond donors (Lipinski definition) is 1. The summed E-state index contributed by atoms with van der Waals surface area (Å²) in [5.41, 5.74) is 3.62. The van der Waals surface area contributed by atoms with Crippen LogP contribution in [-0.2, 0) is 6.61 Å². The molecule has 0 atom stereocenters. The van der Waals surface area contributed by atoms with Crippen LogP contribution in [0.4, 0.5) is 0 Å². The lowest BCUT2D eigenvalue weighted by atomic mass is 10.1. The molecule has 0 spiro atoms.